The highest BCUT2D eigenvalue weighted by atomic mass is 79.9. The Bertz CT molecular complexity index is 665. The number of carbonyl (C=O) groups excluding carboxylic acids is 3. The van der Waals surface area contributed by atoms with Crippen molar-refractivity contribution in [1.82, 2.24) is 4.90 Å². The first kappa shape index (κ1) is 18.6. The maximum atomic E-state index is 12.7. The standard InChI is InChI=1S/C18H22BrNO4/c1-11-8-14(15(21)12-6-5-7-13(19)9-12)16(22)20(10-11)17(23)24-18(2,3)4/h5-7,9,11,14H,8,10H2,1-4H3. The average Bonchev–Trinajstić information content (AvgIpc) is 2.46. The van der Waals surface area contributed by atoms with E-state index in [0.717, 1.165) is 9.37 Å². The van der Waals surface area contributed by atoms with Gasteiger partial charge in [0.15, 0.2) is 5.78 Å². The topological polar surface area (TPSA) is 63.7 Å². The van der Waals surface area contributed by atoms with Crippen LogP contribution in [0.2, 0.25) is 0 Å². The fourth-order valence-corrected chi connectivity index (χ4v) is 3.11. The number of benzene rings is 1. The molecule has 2 amide bonds. The van der Waals surface area contributed by atoms with Crippen LogP contribution in [0.1, 0.15) is 44.5 Å². The van der Waals surface area contributed by atoms with Crippen LogP contribution in [0, 0.1) is 11.8 Å². The minimum absolute atomic E-state index is 0.0383. The van der Waals surface area contributed by atoms with Crippen LogP contribution >= 0.6 is 15.9 Å². The van der Waals surface area contributed by atoms with Gasteiger partial charge in [-0.25, -0.2) is 9.69 Å². The van der Waals surface area contributed by atoms with Gasteiger partial charge in [-0.15, -0.1) is 0 Å². The Kier molecular flexibility index (Phi) is 5.48. The summed E-state index contributed by atoms with van der Waals surface area (Å²) in [6, 6.07) is 6.93. The maximum Gasteiger partial charge on any atom is 0.417 e. The minimum Gasteiger partial charge on any atom is -0.443 e. The molecule has 2 atom stereocenters. The van der Waals surface area contributed by atoms with Crippen LogP contribution < -0.4 is 0 Å². The molecule has 0 aliphatic carbocycles. The number of rotatable bonds is 2. The molecule has 0 radical (unpaired) electrons. The van der Waals surface area contributed by atoms with Crippen molar-refractivity contribution >= 4 is 33.7 Å². The summed E-state index contributed by atoms with van der Waals surface area (Å²) in [4.78, 5) is 38.8. The molecule has 0 saturated carbocycles. The number of amides is 2. The minimum atomic E-state index is -0.851. The van der Waals surface area contributed by atoms with Crippen molar-refractivity contribution < 1.29 is 19.1 Å². The number of halogens is 1. The number of hydrogen-bond acceptors (Lipinski definition) is 4. The SMILES string of the molecule is CC1CC(C(=O)c2cccc(Br)c2)C(=O)N(C(=O)OC(C)(C)C)C1. The first-order chi connectivity index (χ1) is 11.1. The first-order valence-electron chi connectivity index (χ1n) is 7.92. The molecule has 24 heavy (non-hydrogen) atoms. The van der Waals surface area contributed by atoms with Gasteiger partial charge in [0, 0.05) is 16.6 Å². The third-order valence-corrected chi connectivity index (χ3v) is 4.23. The predicted molar refractivity (Wildman–Crippen MR) is 93.7 cm³/mol. The highest BCUT2D eigenvalue weighted by Gasteiger charge is 2.41. The molecule has 2 rings (SSSR count). The zero-order chi connectivity index (χ0) is 18.1. The fraction of sp³-hybridized carbons (Fsp3) is 0.500. The van der Waals surface area contributed by atoms with E-state index in [1.54, 1.807) is 39.0 Å². The number of carbonyl (C=O) groups is 3. The molecular weight excluding hydrogens is 374 g/mol. The first-order valence-corrected chi connectivity index (χ1v) is 8.72. The van der Waals surface area contributed by atoms with Gasteiger partial charge in [-0.05, 0) is 45.2 Å². The zero-order valence-corrected chi connectivity index (χ0v) is 15.9. The maximum absolute atomic E-state index is 12.7. The Hall–Kier alpha value is -1.69. The number of Topliss-reactive ketones (excluding diaryl/α,β-unsaturated/α-hetero) is 1. The Balaban J connectivity index is 2.23. The smallest absolute Gasteiger partial charge is 0.417 e. The molecule has 1 aromatic rings. The van der Waals surface area contributed by atoms with Gasteiger partial charge in [-0.2, -0.15) is 0 Å². The van der Waals surface area contributed by atoms with Gasteiger partial charge in [0.1, 0.15) is 11.5 Å². The summed E-state index contributed by atoms with van der Waals surface area (Å²) in [5, 5.41) is 0. The van der Waals surface area contributed by atoms with Crippen LogP contribution in [0.4, 0.5) is 4.79 Å². The Morgan fingerprint density at radius 2 is 1.96 bits per heavy atom. The van der Waals surface area contributed by atoms with Gasteiger partial charge in [0.05, 0.1) is 0 Å². The number of piperidine rings is 1. The summed E-state index contributed by atoms with van der Waals surface area (Å²) < 4.78 is 6.07. The second-order valence-corrected chi connectivity index (χ2v) is 8.11. The molecular formula is C18H22BrNO4. The van der Waals surface area contributed by atoms with Crippen molar-refractivity contribution in [2.45, 2.75) is 39.7 Å². The van der Waals surface area contributed by atoms with Crippen LogP contribution in [0.5, 0.6) is 0 Å². The van der Waals surface area contributed by atoms with Crippen molar-refractivity contribution in [3.8, 4) is 0 Å². The lowest BCUT2D eigenvalue weighted by Crippen LogP contribution is -2.51. The van der Waals surface area contributed by atoms with E-state index in [0.29, 0.717) is 12.0 Å². The van der Waals surface area contributed by atoms with Crippen LogP contribution in [0.15, 0.2) is 28.7 Å². The lowest BCUT2D eigenvalue weighted by Gasteiger charge is -2.35. The van der Waals surface area contributed by atoms with Crippen LogP contribution in [0.25, 0.3) is 0 Å². The van der Waals surface area contributed by atoms with E-state index in [1.165, 1.54) is 0 Å². The molecule has 1 saturated heterocycles. The van der Waals surface area contributed by atoms with Crippen molar-refractivity contribution in [2.24, 2.45) is 11.8 Å². The van der Waals surface area contributed by atoms with Crippen LogP contribution in [-0.2, 0) is 9.53 Å². The Labute approximate surface area is 150 Å². The lowest BCUT2D eigenvalue weighted by atomic mass is 9.84. The van der Waals surface area contributed by atoms with Crippen molar-refractivity contribution in [3.63, 3.8) is 0 Å². The van der Waals surface area contributed by atoms with Crippen molar-refractivity contribution in [2.75, 3.05) is 6.54 Å². The fourth-order valence-electron chi connectivity index (χ4n) is 2.71. The van der Waals surface area contributed by atoms with E-state index in [-0.39, 0.29) is 18.2 Å². The molecule has 1 aliphatic rings. The second-order valence-electron chi connectivity index (χ2n) is 7.20. The molecule has 0 N–H and O–H groups in total. The number of imide groups is 1. The number of nitrogens with zero attached hydrogens (tertiary/aromatic N) is 1. The number of hydrogen-bond donors (Lipinski definition) is 0. The molecule has 130 valence electrons. The summed E-state index contributed by atoms with van der Waals surface area (Å²) in [5.41, 5.74) is -0.233. The molecule has 0 aromatic heterocycles. The third kappa shape index (κ3) is 4.44. The highest BCUT2D eigenvalue weighted by Crippen LogP contribution is 2.28. The van der Waals surface area contributed by atoms with E-state index in [9.17, 15) is 14.4 Å². The summed E-state index contributed by atoms with van der Waals surface area (Å²) in [5.74, 6) is -1.55. The van der Waals surface area contributed by atoms with Crippen molar-refractivity contribution in [1.29, 1.82) is 0 Å². The van der Waals surface area contributed by atoms with Gasteiger partial charge in [0.25, 0.3) is 0 Å². The molecule has 1 heterocycles. The predicted octanol–water partition coefficient (Wildman–Crippen LogP) is 4.05. The van der Waals surface area contributed by atoms with Crippen LogP contribution in [0.3, 0.4) is 0 Å². The van der Waals surface area contributed by atoms with E-state index in [2.05, 4.69) is 15.9 Å². The molecule has 5 nitrogen and oxygen atoms in total. The Morgan fingerprint density at radius 1 is 1.29 bits per heavy atom. The highest BCUT2D eigenvalue weighted by molar-refractivity contribution is 9.10. The van der Waals surface area contributed by atoms with Gasteiger partial charge in [0.2, 0.25) is 5.91 Å². The zero-order valence-electron chi connectivity index (χ0n) is 14.3. The number of likely N-dealkylation sites (tertiary alicyclic amines) is 1. The summed E-state index contributed by atoms with van der Waals surface area (Å²) >= 11 is 3.33. The molecule has 1 aromatic carbocycles. The van der Waals surface area contributed by atoms with Crippen LogP contribution in [-0.4, -0.2) is 34.8 Å². The van der Waals surface area contributed by atoms with E-state index >= 15 is 0 Å². The van der Waals surface area contributed by atoms with Gasteiger partial charge >= 0.3 is 6.09 Å². The quantitative estimate of drug-likeness (QED) is 0.559. The largest absolute Gasteiger partial charge is 0.443 e. The average molecular weight is 396 g/mol. The molecule has 0 spiro atoms. The molecule has 1 fully saturated rings. The normalized spacial score (nSPS) is 21.5. The lowest BCUT2D eigenvalue weighted by molar-refractivity contribution is -0.136. The van der Waals surface area contributed by atoms with E-state index < -0.39 is 23.5 Å². The molecule has 6 heteroatoms. The number of ketones is 1. The summed E-state index contributed by atoms with van der Waals surface area (Å²) in [6.45, 7) is 7.42. The molecule has 1 aliphatic heterocycles. The monoisotopic (exact) mass is 395 g/mol. The van der Waals surface area contributed by atoms with Gasteiger partial charge in [-0.1, -0.05) is 35.0 Å². The van der Waals surface area contributed by atoms with E-state index in [4.69, 9.17) is 4.74 Å². The van der Waals surface area contributed by atoms with Gasteiger partial charge in [-0.3, -0.25) is 9.59 Å². The van der Waals surface area contributed by atoms with Crippen molar-refractivity contribution in [3.05, 3.63) is 34.3 Å². The van der Waals surface area contributed by atoms with Gasteiger partial charge < -0.3 is 4.74 Å². The molecule has 2 unspecified atom stereocenters. The number of ether oxygens (including phenoxy) is 1. The summed E-state index contributed by atoms with van der Waals surface area (Å²) in [6.07, 6.45) is -0.255. The summed E-state index contributed by atoms with van der Waals surface area (Å²) in [7, 11) is 0. The molecule has 0 bridgehead atoms. The second kappa shape index (κ2) is 7.05. The third-order valence-electron chi connectivity index (χ3n) is 3.74. The van der Waals surface area contributed by atoms with E-state index in [1.807, 2.05) is 13.0 Å². The Morgan fingerprint density at radius 3 is 2.54 bits per heavy atom.